The van der Waals surface area contributed by atoms with E-state index in [1.807, 2.05) is 0 Å². The number of carbonyl (C=O) groups is 1. The monoisotopic (exact) mass is 347 g/mol. The summed E-state index contributed by atoms with van der Waals surface area (Å²) in [5.41, 5.74) is 0.151. The Morgan fingerprint density at radius 1 is 1.28 bits per heavy atom. The molecule has 0 saturated heterocycles. The molecular weight excluding hydrogens is 335 g/mol. The van der Waals surface area contributed by atoms with Gasteiger partial charge in [0.05, 0.1) is 24.6 Å². The Labute approximate surface area is 141 Å². The van der Waals surface area contributed by atoms with Gasteiger partial charge in [-0.2, -0.15) is 23.2 Å². The van der Waals surface area contributed by atoms with Crippen LogP contribution in [-0.4, -0.2) is 24.1 Å². The molecule has 2 rings (SSSR count). The second kappa shape index (κ2) is 8.03. The maximum absolute atomic E-state index is 12.6. The molecule has 2 aromatic rings. The van der Waals surface area contributed by atoms with Gasteiger partial charge >= 0.3 is 12.1 Å². The van der Waals surface area contributed by atoms with Crippen molar-refractivity contribution in [3.8, 4) is 0 Å². The zero-order valence-electron chi connectivity index (χ0n) is 13.0. The van der Waals surface area contributed by atoms with Gasteiger partial charge in [-0.05, 0) is 30.3 Å². The Kier molecular flexibility index (Phi) is 5.81. The SMILES string of the molecule is COC(=O)/C=C/c1ccncc1N=C=Nc1cccc(C(F)(F)F)c1. The molecule has 0 atom stereocenters. The number of aromatic nitrogens is 1. The van der Waals surface area contributed by atoms with Crippen LogP contribution in [0.4, 0.5) is 24.5 Å². The normalized spacial score (nSPS) is 11.0. The number of esters is 1. The second-order valence-electron chi connectivity index (χ2n) is 4.66. The first-order chi connectivity index (χ1) is 11.9. The van der Waals surface area contributed by atoms with Gasteiger partial charge in [-0.25, -0.2) is 4.79 Å². The quantitative estimate of drug-likeness (QED) is 0.467. The minimum absolute atomic E-state index is 0.0640. The Bertz CT molecular complexity index is 854. The van der Waals surface area contributed by atoms with Crippen molar-refractivity contribution >= 4 is 29.4 Å². The van der Waals surface area contributed by atoms with Gasteiger partial charge in [-0.15, -0.1) is 0 Å². The molecule has 1 aromatic carbocycles. The summed E-state index contributed by atoms with van der Waals surface area (Å²) in [6.07, 6.45) is 1.14. The van der Waals surface area contributed by atoms with E-state index < -0.39 is 17.7 Å². The summed E-state index contributed by atoms with van der Waals surface area (Å²) < 4.78 is 42.4. The highest BCUT2D eigenvalue weighted by atomic mass is 19.4. The fraction of sp³-hybridized carbons (Fsp3) is 0.118. The van der Waals surface area contributed by atoms with Crippen molar-refractivity contribution in [1.29, 1.82) is 0 Å². The molecule has 0 spiro atoms. The molecule has 8 heteroatoms. The molecule has 0 aliphatic heterocycles. The maximum atomic E-state index is 12.6. The average molecular weight is 347 g/mol. The third-order valence-corrected chi connectivity index (χ3v) is 2.96. The number of halogens is 3. The molecule has 0 saturated carbocycles. The molecule has 1 aromatic heterocycles. The van der Waals surface area contributed by atoms with Crippen molar-refractivity contribution in [3.05, 3.63) is 59.9 Å². The van der Waals surface area contributed by atoms with Crippen LogP contribution in [0.1, 0.15) is 11.1 Å². The first kappa shape index (κ1) is 18.1. The van der Waals surface area contributed by atoms with Crippen LogP contribution >= 0.6 is 0 Å². The smallest absolute Gasteiger partial charge is 0.416 e. The van der Waals surface area contributed by atoms with Crippen LogP contribution in [0.5, 0.6) is 0 Å². The fourth-order valence-electron chi connectivity index (χ4n) is 1.75. The van der Waals surface area contributed by atoms with E-state index in [0.717, 1.165) is 12.1 Å². The standard InChI is InChI=1S/C17H12F3N3O2/c1-25-16(24)6-5-12-7-8-21-10-15(12)23-11-22-14-4-2-3-13(9-14)17(18,19)20/h2-10H,1H3/b6-5+. The third kappa shape index (κ3) is 5.40. The van der Waals surface area contributed by atoms with Crippen molar-refractivity contribution in [2.45, 2.75) is 6.18 Å². The summed E-state index contributed by atoms with van der Waals surface area (Å²) in [7, 11) is 1.25. The number of alkyl halides is 3. The number of nitrogens with zero attached hydrogens (tertiary/aromatic N) is 3. The Morgan fingerprint density at radius 3 is 2.80 bits per heavy atom. The molecule has 0 N–H and O–H groups in total. The molecule has 0 aliphatic carbocycles. The highest BCUT2D eigenvalue weighted by molar-refractivity contribution is 5.88. The maximum Gasteiger partial charge on any atom is 0.416 e. The van der Waals surface area contributed by atoms with Gasteiger partial charge in [0.15, 0.2) is 0 Å². The van der Waals surface area contributed by atoms with E-state index in [4.69, 9.17) is 0 Å². The van der Waals surface area contributed by atoms with Crippen LogP contribution in [0.25, 0.3) is 6.08 Å². The molecule has 25 heavy (non-hydrogen) atoms. The van der Waals surface area contributed by atoms with Crippen molar-refractivity contribution < 1.29 is 22.7 Å². The van der Waals surface area contributed by atoms with Gasteiger partial charge in [0.25, 0.3) is 0 Å². The number of ether oxygens (including phenoxy) is 1. The number of aliphatic imine (C=N–C) groups is 2. The zero-order valence-corrected chi connectivity index (χ0v) is 13.0. The first-order valence-corrected chi connectivity index (χ1v) is 6.94. The van der Waals surface area contributed by atoms with Gasteiger partial charge in [-0.1, -0.05) is 6.07 Å². The summed E-state index contributed by atoms with van der Waals surface area (Å²) in [6.45, 7) is 0. The Balaban J connectivity index is 2.26. The average Bonchev–Trinajstić information content (AvgIpc) is 2.60. The van der Waals surface area contributed by atoms with Gasteiger partial charge in [0.2, 0.25) is 0 Å². The van der Waals surface area contributed by atoms with E-state index in [1.54, 1.807) is 6.07 Å². The van der Waals surface area contributed by atoms with E-state index in [9.17, 15) is 18.0 Å². The molecule has 0 amide bonds. The number of carbonyl (C=O) groups excluding carboxylic acids is 1. The van der Waals surface area contributed by atoms with Gasteiger partial charge in [-0.3, -0.25) is 4.98 Å². The number of rotatable bonds is 4. The van der Waals surface area contributed by atoms with Crippen LogP contribution in [0.15, 0.2) is 58.8 Å². The van der Waals surface area contributed by atoms with Crippen molar-refractivity contribution in [2.75, 3.05) is 7.11 Å². The van der Waals surface area contributed by atoms with E-state index in [2.05, 4.69) is 25.7 Å². The number of pyridine rings is 1. The zero-order chi connectivity index (χ0) is 18.3. The van der Waals surface area contributed by atoms with Crippen LogP contribution in [0.2, 0.25) is 0 Å². The van der Waals surface area contributed by atoms with Gasteiger partial charge in [0, 0.05) is 17.8 Å². The first-order valence-electron chi connectivity index (χ1n) is 6.94. The minimum atomic E-state index is -4.45. The van der Waals surface area contributed by atoms with E-state index in [1.165, 1.54) is 43.8 Å². The number of hydrogen-bond donors (Lipinski definition) is 0. The second-order valence-corrected chi connectivity index (χ2v) is 4.66. The summed E-state index contributed by atoms with van der Waals surface area (Å²) in [4.78, 5) is 22.7. The largest absolute Gasteiger partial charge is 0.466 e. The lowest BCUT2D eigenvalue weighted by Crippen LogP contribution is -2.03. The topological polar surface area (TPSA) is 63.9 Å². The lowest BCUT2D eigenvalue weighted by molar-refractivity contribution is -0.137. The molecule has 0 unspecified atom stereocenters. The summed E-state index contributed by atoms with van der Waals surface area (Å²) in [5, 5.41) is 0. The predicted octanol–water partition coefficient (Wildman–Crippen LogP) is 4.42. The van der Waals surface area contributed by atoms with Crippen LogP contribution in [0, 0.1) is 0 Å². The molecule has 128 valence electrons. The van der Waals surface area contributed by atoms with Gasteiger partial charge in [0.1, 0.15) is 11.7 Å². The minimum Gasteiger partial charge on any atom is -0.466 e. The van der Waals surface area contributed by atoms with Crippen LogP contribution in [-0.2, 0) is 15.7 Å². The number of hydrogen-bond acceptors (Lipinski definition) is 5. The molecule has 5 nitrogen and oxygen atoms in total. The Hall–Kier alpha value is -3.25. The van der Waals surface area contributed by atoms with E-state index >= 15 is 0 Å². The van der Waals surface area contributed by atoms with Crippen molar-refractivity contribution in [2.24, 2.45) is 9.98 Å². The summed E-state index contributed by atoms with van der Waals surface area (Å²) in [5.74, 6) is -0.538. The highest BCUT2D eigenvalue weighted by Crippen LogP contribution is 2.31. The lowest BCUT2D eigenvalue weighted by Gasteiger charge is -2.05. The highest BCUT2D eigenvalue weighted by Gasteiger charge is 2.30. The number of methoxy groups -OCH3 is 1. The third-order valence-electron chi connectivity index (χ3n) is 2.96. The van der Waals surface area contributed by atoms with Gasteiger partial charge < -0.3 is 4.74 Å². The Morgan fingerprint density at radius 2 is 2.08 bits per heavy atom. The van der Waals surface area contributed by atoms with Crippen molar-refractivity contribution in [1.82, 2.24) is 4.98 Å². The van der Waals surface area contributed by atoms with E-state index in [0.29, 0.717) is 11.3 Å². The fourth-order valence-corrected chi connectivity index (χ4v) is 1.75. The van der Waals surface area contributed by atoms with Crippen molar-refractivity contribution in [3.63, 3.8) is 0 Å². The van der Waals surface area contributed by atoms with Crippen LogP contribution in [0.3, 0.4) is 0 Å². The molecule has 0 aliphatic rings. The number of benzene rings is 1. The molecule has 0 fully saturated rings. The predicted molar refractivity (Wildman–Crippen MR) is 85.9 cm³/mol. The molecular formula is C17H12F3N3O2. The molecule has 0 bridgehead atoms. The van der Waals surface area contributed by atoms with E-state index in [-0.39, 0.29) is 5.69 Å². The van der Waals surface area contributed by atoms with Crippen LogP contribution < -0.4 is 0 Å². The summed E-state index contributed by atoms with van der Waals surface area (Å²) >= 11 is 0. The lowest BCUT2D eigenvalue weighted by atomic mass is 10.2. The summed E-state index contributed by atoms with van der Waals surface area (Å²) in [6, 6.07) is 8.43. The molecule has 0 radical (unpaired) electrons. The molecule has 1 heterocycles.